The molecule has 1 N–H and O–H groups in total. The van der Waals surface area contributed by atoms with E-state index in [-0.39, 0.29) is 11.8 Å². The minimum absolute atomic E-state index is 0.0180. The molecule has 1 fully saturated rings. The zero-order valence-corrected chi connectivity index (χ0v) is 17.1. The summed E-state index contributed by atoms with van der Waals surface area (Å²) in [6.45, 7) is 4.69. The van der Waals surface area contributed by atoms with E-state index in [1.54, 1.807) is 14.0 Å². The first-order valence-electron chi connectivity index (χ1n) is 10.1. The number of hydrogen-bond acceptors (Lipinski definition) is 4. The molecular weight excluding hydrogens is 366 g/mol. The summed E-state index contributed by atoms with van der Waals surface area (Å²) >= 11 is 0. The summed E-state index contributed by atoms with van der Waals surface area (Å²) < 4.78 is 5.14. The molecule has 154 valence electrons. The van der Waals surface area contributed by atoms with Gasteiger partial charge in [-0.3, -0.25) is 9.59 Å². The molecule has 0 aliphatic carbocycles. The summed E-state index contributed by atoms with van der Waals surface area (Å²) in [7, 11) is 1.63. The van der Waals surface area contributed by atoms with Gasteiger partial charge in [0, 0.05) is 38.3 Å². The molecule has 1 atom stereocenters. The normalized spacial score (nSPS) is 15.0. The monoisotopic (exact) mass is 395 g/mol. The zero-order valence-electron chi connectivity index (χ0n) is 17.1. The number of carbonyl (C=O) groups excluding carboxylic acids is 2. The van der Waals surface area contributed by atoms with Crippen LogP contribution in [0.25, 0.3) is 0 Å². The number of para-hydroxylation sites is 1. The van der Waals surface area contributed by atoms with Crippen molar-refractivity contribution < 1.29 is 14.3 Å². The molecule has 1 aliphatic heterocycles. The number of ether oxygens (including phenoxy) is 1. The fourth-order valence-electron chi connectivity index (χ4n) is 3.52. The van der Waals surface area contributed by atoms with Gasteiger partial charge < -0.3 is 19.9 Å². The summed E-state index contributed by atoms with van der Waals surface area (Å²) in [5, 5.41) is 2.84. The van der Waals surface area contributed by atoms with Gasteiger partial charge in [-0.25, -0.2) is 0 Å². The maximum Gasteiger partial charge on any atom is 0.244 e. The summed E-state index contributed by atoms with van der Waals surface area (Å²) in [6, 6.07) is 17.4. The van der Waals surface area contributed by atoms with E-state index in [0.717, 1.165) is 24.4 Å². The quantitative estimate of drug-likeness (QED) is 0.782. The Labute approximate surface area is 172 Å². The lowest BCUT2D eigenvalue weighted by molar-refractivity contribution is -0.136. The first kappa shape index (κ1) is 20.7. The topological polar surface area (TPSA) is 61.9 Å². The molecule has 2 amide bonds. The molecular formula is C23H29N3O3. The number of rotatable bonds is 7. The van der Waals surface area contributed by atoms with Gasteiger partial charge in [0.1, 0.15) is 11.8 Å². The van der Waals surface area contributed by atoms with E-state index in [2.05, 4.69) is 22.3 Å². The van der Waals surface area contributed by atoms with Crippen LogP contribution in [0.15, 0.2) is 54.6 Å². The number of piperazine rings is 1. The highest BCUT2D eigenvalue weighted by Gasteiger charge is 2.25. The first-order valence-corrected chi connectivity index (χ1v) is 10.1. The van der Waals surface area contributed by atoms with Gasteiger partial charge in [0.15, 0.2) is 0 Å². The van der Waals surface area contributed by atoms with E-state index in [1.807, 2.05) is 47.4 Å². The Hall–Kier alpha value is -3.02. The Bertz CT molecular complexity index is 800. The number of hydrogen-bond donors (Lipinski definition) is 1. The van der Waals surface area contributed by atoms with Crippen LogP contribution in [-0.4, -0.2) is 56.0 Å². The van der Waals surface area contributed by atoms with Crippen molar-refractivity contribution in [3.8, 4) is 5.75 Å². The number of amides is 2. The van der Waals surface area contributed by atoms with E-state index in [1.165, 1.54) is 5.69 Å². The van der Waals surface area contributed by atoms with Crippen molar-refractivity contribution in [3.63, 3.8) is 0 Å². The minimum Gasteiger partial charge on any atom is -0.497 e. The van der Waals surface area contributed by atoms with E-state index >= 15 is 0 Å². The molecule has 3 rings (SSSR count). The summed E-state index contributed by atoms with van der Waals surface area (Å²) in [4.78, 5) is 29.1. The molecule has 0 radical (unpaired) electrons. The fourth-order valence-corrected chi connectivity index (χ4v) is 3.52. The summed E-state index contributed by atoms with van der Waals surface area (Å²) in [5.41, 5.74) is 2.25. The van der Waals surface area contributed by atoms with Crippen LogP contribution >= 0.6 is 0 Å². The predicted molar refractivity (Wildman–Crippen MR) is 114 cm³/mol. The van der Waals surface area contributed by atoms with Crippen LogP contribution in [0.3, 0.4) is 0 Å². The number of methoxy groups -OCH3 is 1. The van der Waals surface area contributed by atoms with Crippen LogP contribution in [-0.2, 0) is 16.0 Å². The molecule has 0 bridgehead atoms. The zero-order chi connectivity index (χ0) is 20.6. The van der Waals surface area contributed by atoms with Gasteiger partial charge in [-0.15, -0.1) is 0 Å². The largest absolute Gasteiger partial charge is 0.497 e. The van der Waals surface area contributed by atoms with E-state index < -0.39 is 6.04 Å². The molecule has 0 spiro atoms. The van der Waals surface area contributed by atoms with Crippen molar-refractivity contribution in [3.05, 3.63) is 60.2 Å². The van der Waals surface area contributed by atoms with Crippen molar-refractivity contribution in [1.29, 1.82) is 0 Å². The lowest BCUT2D eigenvalue weighted by Gasteiger charge is -2.37. The van der Waals surface area contributed by atoms with Crippen LogP contribution in [0.5, 0.6) is 5.75 Å². The maximum atomic E-state index is 12.7. The van der Waals surface area contributed by atoms with Crippen molar-refractivity contribution in [1.82, 2.24) is 10.2 Å². The first-order chi connectivity index (χ1) is 14.1. The van der Waals surface area contributed by atoms with Crippen LogP contribution in [0, 0.1) is 0 Å². The van der Waals surface area contributed by atoms with Crippen molar-refractivity contribution in [2.75, 3.05) is 38.2 Å². The van der Waals surface area contributed by atoms with Gasteiger partial charge in [0.05, 0.1) is 7.11 Å². The maximum absolute atomic E-state index is 12.7. The molecule has 29 heavy (non-hydrogen) atoms. The standard InChI is InChI=1S/C23H29N3O3/c1-18(24-22(27)13-10-19-8-11-21(29-2)12-9-19)23(28)26-16-14-25(15-17-26)20-6-4-3-5-7-20/h3-9,11-12,18H,10,13-17H2,1-2H3,(H,24,27)/t18-/m0/s1. The fraction of sp³-hybridized carbons (Fsp3) is 0.391. The van der Waals surface area contributed by atoms with Gasteiger partial charge in [0.2, 0.25) is 11.8 Å². The van der Waals surface area contributed by atoms with Gasteiger partial charge in [-0.1, -0.05) is 30.3 Å². The minimum atomic E-state index is -0.512. The average molecular weight is 396 g/mol. The van der Waals surface area contributed by atoms with Crippen LogP contribution in [0.2, 0.25) is 0 Å². The van der Waals surface area contributed by atoms with Gasteiger partial charge >= 0.3 is 0 Å². The Morgan fingerprint density at radius 3 is 2.28 bits per heavy atom. The second kappa shape index (κ2) is 9.96. The second-order valence-electron chi connectivity index (χ2n) is 7.29. The number of nitrogens with zero attached hydrogens (tertiary/aromatic N) is 2. The SMILES string of the molecule is COc1ccc(CCC(=O)N[C@@H](C)C(=O)N2CCN(c3ccccc3)CC2)cc1. The smallest absolute Gasteiger partial charge is 0.244 e. The Morgan fingerprint density at radius 1 is 1.00 bits per heavy atom. The van der Waals surface area contributed by atoms with E-state index in [0.29, 0.717) is 25.9 Å². The Balaban J connectivity index is 1.42. The number of nitrogens with one attached hydrogen (secondary N) is 1. The average Bonchev–Trinajstić information content (AvgIpc) is 2.78. The number of benzene rings is 2. The molecule has 0 aromatic heterocycles. The molecule has 1 aliphatic rings. The van der Waals surface area contributed by atoms with Gasteiger partial charge in [0.25, 0.3) is 0 Å². The van der Waals surface area contributed by atoms with Crippen molar-refractivity contribution >= 4 is 17.5 Å². The lowest BCUT2D eigenvalue weighted by Crippen LogP contribution is -2.54. The third-order valence-corrected chi connectivity index (χ3v) is 5.26. The summed E-state index contributed by atoms with van der Waals surface area (Å²) in [5.74, 6) is 0.671. The van der Waals surface area contributed by atoms with Crippen LogP contribution in [0.4, 0.5) is 5.69 Å². The summed E-state index contributed by atoms with van der Waals surface area (Å²) in [6.07, 6.45) is 0.984. The molecule has 6 nitrogen and oxygen atoms in total. The van der Waals surface area contributed by atoms with Crippen molar-refractivity contribution in [2.45, 2.75) is 25.8 Å². The third kappa shape index (κ3) is 5.73. The van der Waals surface area contributed by atoms with Gasteiger partial charge in [-0.05, 0) is 43.2 Å². The second-order valence-corrected chi connectivity index (χ2v) is 7.29. The highest BCUT2D eigenvalue weighted by molar-refractivity contribution is 5.87. The van der Waals surface area contributed by atoms with Crippen LogP contribution < -0.4 is 15.0 Å². The highest BCUT2D eigenvalue weighted by Crippen LogP contribution is 2.16. The Morgan fingerprint density at radius 2 is 1.66 bits per heavy atom. The molecule has 2 aromatic carbocycles. The predicted octanol–water partition coefficient (Wildman–Crippen LogP) is 2.48. The third-order valence-electron chi connectivity index (χ3n) is 5.26. The van der Waals surface area contributed by atoms with Crippen molar-refractivity contribution in [2.24, 2.45) is 0 Å². The molecule has 0 unspecified atom stereocenters. The molecule has 0 saturated carbocycles. The molecule has 1 heterocycles. The number of aryl methyl sites for hydroxylation is 1. The highest BCUT2D eigenvalue weighted by atomic mass is 16.5. The molecule has 2 aromatic rings. The molecule has 6 heteroatoms. The number of anilines is 1. The van der Waals surface area contributed by atoms with Crippen LogP contribution in [0.1, 0.15) is 18.9 Å². The molecule has 1 saturated heterocycles. The lowest BCUT2D eigenvalue weighted by atomic mass is 10.1. The van der Waals surface area contributed by atoms with Gasteiger partial charge in [-0.2, -0.15) is 0 Å². The Kier molecular flexibility index (Phi) is 7.11. The van der Waals surface area contributed by atoms with E-state index in [9.17, 15) is 9.59 Å². The number of carbonyl (C=O) groups is 2. The van der Waals surface area contributed by atoms with E-state index in [4.69, 9.17) is 4.74 Å².